The maximum Gasteiger partial charge on any atom is 0.213 e. The second kappa shape index (κ2) is 6.95. The van der Waals surface area contributed by atoms with Crippen molar-refractivity contribution in [1.82, 2.24) is 10.6 Å². The predicted octanol–water partition coefficient (Wildman–Crippen LogP) is -0.892. The van der Waals surface area contributed by atoms with Crippen LogP contribution >= 0.6 is 0 Å². The van der Waals surface area contributed by atoms with Gasteiger partial charge in [0, 0.05) is 13.7 Å². The van der Waals surface area contributed by atoms with Crippen LogP contribution in [0.2, 0.25) is 0 Å². The zero-order valence-corrected chi connectivity index (χ0v) is 6.55. The molecule has 0 aliphatic rings. The molecule has 0 aromatic heterocycles. The zero-order chi connectivity index (χ0) is 7.82. The number of aliphatic hydroxyl groups excluding tert-OH is 1. The van der Waals surface area contributed by atoms with E-state index in [1.165, 1.54) is 7.11 Å². The minimum Gasteiger partial charge on any atom is -0.356 e. The summed E-state index contributed by atoms with van der Waals surface area (Å²) in [6, 6.07) is 0. The van der Waals surface area contributed by atoms with Crippen LogP contribution in [-0.4, -0.2) is 38.8 Å². The Morgan fingerprint density at radius 2 is 2.20 bits per heavy atom. The van der Waals surface area contributed by atoms with E-state index in [0.717, 1.165) is 19.5 Å². The molecular formula is C6H16N2O2. The van der Waals surface area contributed by atoms with Crippen LogP contribution in [0.4, 0.5) is 0 Å². The molecule has 0 saturated heterocycles. The van der Waals surface area contributed by atoms with Crippen molar-refractivity contribution in [3.8, 4) is 0 Å². The monoisotopic (exact) mass is 148 g/mol. The normalized spacial score (nSPS) is 13.5. The van der Waals surface area contributed by atoms with E-state index in [2.05, 4.69) is 15.4 Å². The van der Waals surface area contributed by atoms with Crippen molar-refractivity contribution < 1.29 is 9.84 Å². The summed E-state index contributed by atoms with van der Waals surface area (Å²) >= 11 is 0. The van der Waals surface area contributed by atoms with Gasteiger partial charge in [-0.05, 0) is 20.0 Å². The topological polar surface area (TPSA) is 53.5 Å². The van der Waals surface area contributed by atoms with Gasteiger partial charge in [0.15, 0.2) is 0 Å². The van der Waals surface area contributed by atoms with Gasteiger partial charge in [-0.3, -0.25) is 5.32 Å². The number of methoxy groups -OCH3 is 1. The van der Waals surface area contributed by atoms with Crippen molar-refractivity contribution >= 4 is 0 Å². The molecule has 4 nitrogen and oxygen atoms in total. The van der Waals surface area contributed by atoms with E-state index < -0.39 is 6.41 Å². The summed E-state index contributed by atoms with van der Waals surface area (Å²) in [4.78, 5) is 0. The molecule has 0 radical (unpaired) electrons. The van der Waals surface area contributed by atoms with Gasteiger partial charge in [0.25, 0.3) is 0 Å². The molecule has 0 aliphatic carbocycles. The minimum absolute atomic E-state index is 0.760. The van der Waals surface area contributed by atoms with Gasteiger partial charge in [-0.25, -0.2) is 0 Å². The van der Waals surface area contributed by atoms with Gasteiger partial charge in [-0.15, -0.1) is 0 Å². The highest BCUT2D eigenvalue weighted by molar-refractivity contribution is 4.46. The summed E-state index contributed by atoms with van der Waals surface area (Å²) < 4.78 is 4.55. The lowest BCUT2D eigenvalue weighted by Gasteiger charge is -2.09. The first kappa shape index (κ1) is 9.84. The van der Waals surface area contributed by atoms with Crippen molar-refractivity contribution in [1.29, 1.82) is 0 Å². The van der Waals surface area contributed by atoms with Gasteiger partial charge in [-0.1, -0.05) is 0 Å². The Bertz CT molecular complexity index is 70.8. The first-order chi connectivity index (χ1) is 4.81. The number of nitrogens with one attached hydrogen (secondary N) is 2. The molecule has 4 heteroatoms. The van der Waals surface area contributed by atoms with Crippen molar-refractivity contribution in [2.45, 2.75) is 12.8 Å². The Morgan fingerprint density at radius 3 is 2.70 bits per heavy atom. The van der Waals surface area contributed by atoms with Crippen LogP contribution in [-0.2, 0) is 4.74 Å². The molecule has 0 bridgehead atoms. The SMILES string of the molecule is CNCCCNC(O)OC. The lowest BCUT2D eigenvalue weighted by Crippen LogP contribution is -2.32. The smallest absolute Gasteiger partial charge is 0.213 e. The van der Waals surface area contributed by atoms with Crippen LogP contribution in [0.5, 0.6) is 0 Å². The lowest BCUT2D eigenvalue weighted by atomic mass is 10.4. The fourth-order valence-corrected chi connectivity index (χ4v) is 0.574. The largest absolute Gasteiger partial charge is 0.356 e. The molecule has 0 spiro atoms. The summed E-state index contributed by atoms with van der Waals surface area (Å²) in [5.74, 6) is 0. The third kappa shape index (κ3) is 5.97. The van der Waals surface area contributed by atoms with Gasteiger partial charge >= 0.3 is 0 Å². The average Bonchev–Trinajstić information content (AvgIpc) is 1.98. The number of ether oxygens (including phenoxy) is 1. The summed E-state index contributed by atoms with van der Waals surface area (Å²) in [6.07, 6.45) is 0.161. The maximum atomic E-state index is 8.80. The van der Waals surface area contributed by atoms with Gasteiger partial charge in [0.2, 0.25) is 6.41 Å². The minimum atomic E-state index is -0.822. The van der Waals surface area contributed by atoms with Gasteiger partial charge in [-0.2, -0.15) is 0 Å². The van der Waals surface area contributed by atoms with E-state index in [-0.39, 0.29) is 0 Å². The van der Waals surface area contributed by atoms with E-state index in [1.807, 2.05) is 7.05 Å². The van der Waals surface area contributed by atoms with Crippen molar-refractivity contribution in [3.05, 3.63) is 0 Å². The molecule has 0 saturated carbocycles. The fraction of sp³-hybridized carbons (Fsp3) is 1.00. The predicted molar refractivity (Wildman–Crippen MR) is 39.6 cm³/mol. The van der Waals surface area contributed by atoms with Gasteiger partial charge < -0.3 is 15.2 Å². The van der Waals surface area contributed by atoms with Gasteiger partial charge in [0.1, 0.15) is 0 Å². The Balaban J connectivity index is 2.89. The second-order valence-corrected chi connectivity index (χ2v) is 2.00. The molecule has 1 atom stereocenters. The molecule has 0 aromatic rings. The van der Waals surface area contributed by atoms with E-state index >= 15 is 0 Å². The third-order valence-electron chi connectivity index (χ3n) is 1.15. The van der Waals surface area contributed by atoms with Crippen molar-refractivity contribution in [2.75, 3.05) is 27.2 Å². The van der Waals surface area contributed by atoms with E-state index in [9.17, 15) is 0 Å². The van der Waals surface area contributed by atoms with E-state index in [1.54, 1.807) is 0 Å². The highest BCUT2D eigenvalue weighted by Gasteiger charge is 1.96. The summed E-state index contributed by atoms with van der Waals surface area (Å²) in [5, 5.41) is 14.6. The quantitative estimate of drug-likeness (QED) is 0.338. The highest BCUT2D eigenvalue weighted by atomic mass is 16.6. The maximum absolute atomic E-state index is 8.80. The van der Waals surface area contributed by atoms with E-state index in [4.69, 9.17) is 5.11 Å². The van der Waals surface area contributed by atoms with Crippen LogP contribution < -0.4 is 10.6 Å². The lowest BCUT2D eigenvalue weighted by molar-refractivity contribution is -0.0963. The molecule has 0 aliphatic heterocycles. The number of hydrogen-bond donors (Lipinski definition) is 3. The molecule has 0 aromatic carbocycles. The Kier molecular flexibility index (Phi) is 6.84. The van der Waals surface area contributed by atoms with Crippen molar-refractivity contribution in [3.63, 3.8) is 0 Å². The number of hydrogen-bond acceptors (Lipinski definition) is 4. The highest BCUT2D eigenvalue weighted by Crippen LogP contribution is 1.77. The zero-order valence-electron chi connectivity index (χ0n) is 6.55. The molecule has 0 rings (SSSR count). The molecule has 1 unspecified atom stereocenters. The Morgan fingerprint density at radius 1 is 1.50 bits per heavy atom. The molecule has 3 N–H and O–H groups in total. The van der Waals surface area contributed by atoms with Gasteiger partial charge in [0.05, 0.1) is 0 Å². The number of aliphatic hydroxyl groups is 1. The van der Waals surface area contributed by atoms with Crippen LogP contribution in [0.3, 0.4) is 0 Å². The second-order valence-electron chi connectivity index (χ2n) is 2.00. The standard InChI is InChI=1S/C6H16N2O2/c1-7-4-3-5-8-6(9)10-2/h6-9H,3-5H2,1-2H3. The summed E-state index contributed by atoms with van der Waals surface area (Å²) in [7, 11) is 3.35. The molecule has 10 heavy (non-hydrogen) atoms. The molecule has 0 heterocycles. The first-order valence-electron chi connectivity index (χ1n) is 3.40. The Labute approximate surface area is 61.6 Å². The third-order valence-corrected chi connectivity index (χ3v) is 1.15. The van der Waals surface area contributed by atoms with Crippen LogP contribution in [0.25, 0.3) is 0 Å². The van der Waals surface area contributed by atoms with Crippen LogP contribution in [0, 0.1) is 0 Å². The van der Waals surface area contributed by atoms with Crippen molar-refractivity contribution in [2.24, 2.45) is 0 Å². The molecule has 62 valence electrons. The molecule has 0 fully saturated rings. The summed E-state index contributed by atoms with van der Waals surface area (Å²) in [5.41, 5.74) is 0. The average molecular weight is 148 g/mol. The van der Waals surface area contributed by atoms with E-state index in [0.29, 0.717) is 0 Å². The fourth-order valence-electron chi connectivity index (χ4n) is 0.574. The number of rotatable bonds is 6. The summed E-state index contributed by atoms with van der Waals surface area (Å²) in [6.45, 7) is 1.71. The van der Waals surface area contributed by atoms with Crippen LogP contribution in [0.15, 0.2) is 0 Å². The Hall–Kier alpha value is -0.160. The molecular weight excluding hydrogens is 132 g/mol. The first-order valence-corrected chi connectivity index (χ1v) is 3.40. The van der Waals surface area contributed by atoms with Crippen LogP contribution in [0.1, 0.15) is 6.42 Å². The molecule has 0 amide bonds.